The Balaban J connectivity index is 1.64. The fraction of sp³-hybridized carbons (Fsp3) is 0.545. The predicted molar refractivity (Wildman–Crippen MR) is 115 cm³/mol. The average molecular weight is 464 g/mol. The van der Waals surface area contributed by atoms with Crippen LogP contribution in [0.5, 0.6) is 0 Å². The van der Waals surface area contributed by atoms with Crippen LogP contribution in [-0.4, -0.2) is 59.8 Å². The summed E-state index contributed by atoms with van der Waals surface area (Å²) in [7, 11) is 0. The third-order valence-electron chi connectivity index (χ3n) is 5.75. The number of alkyl halides is 3. The Morgan fingerprint density at radius 2 is 1.79 bits per heavy atom. The van der Waals surface area contributed by atoms with E-state index in [-0.39, 0.29) is 30.9 Å². The molecule has 2 heterocycles. The van der Waals surface area contributed by atoms with Crippen LogP contribution in [0.2, 0.25) is 0 Å². The highest BCUT2D eigenvalue weighted by Crippen LogP contribution is 2.29. The van der Waals surface area contributed by atoms with E-state index in [1.54, 1.807) is 16.0 Å². The molecule has 1 aromatic rings. The van der Waals surface area contributed by atoms with E-state index in [1.165, 1.54) is 12.1 Å². The molecule has 8 nitrogen and oxygen atoms in total. The molecule has 2 fully saturated rings. The number of benzene rings is 1. The molecule has 2 aliphatic rings. The summed E-state index contributed by atoms with van der Waals surface area (Å²) in [6.07, 6.45) is 1.33. The van der Waals surface area contributed by atoms with E-state index in [2.05, 4.69) is 15.6 Å². The molecule has 2 N–H and O–H groups in total. The normalized spacial score (nSPS) is 19.8. The van der Waals surface area contributed by atoms with Crippen molar-refractivity contribution in [3.63, 3.8) is 0 Å². The molecule has 1 aromatic carbocycles. The number of hydrogen-bond donors (Lipinski definition) is 2. The average Bonchev–Trinajstić information content (AvgIpc) is 3.27. The molecule has 0 aromatic heterocycles. The number of aliphatic imine (C=N–C) groups is 1. The van der Waals surface area contributed by atoms with Gasteiger partial charge in [0.2, 0.25) is 17.8 Å². The molecule has 0 bridgehead atoms. The number of amides is 2. The first-order valence-corrected chi connectivity index (χ1v) is 11.0. The highest BCUT2D eigenvalue weighted by Gasteiger charge is 2.31. The topological polar surface area (TPSA) is 101 Å². The first-order chi connectivity index (χ1) is 15.8. The first-order valence-electron chi connectivity index (χ1n) is 11.0. The van der Waals surface area contributed by atoms with E-state index >= 15 is 0 Å². The Morgan fingerprint density at radius 1 is 1.12 bits per heavy atom. The summed E-state index contributed by atoms with van der Waals surface area (Å²) in [5.74, 6) is -0.238. The van der Waals surface area contributed by atoms with Gasteiger partial charge in [-0.15, -0.1) is 0 Å². The summed E-state index contributed by atoms with van der Waals surface area (Å²) in [6.45, 7) is 1.97. The zero-order chi connectivity index (χ0) is 23.8. The number of carbonyl (C=O) groups excluding carboxylic acids is 2. The van der Waals surface area contributed by atoms with Crippen molar-refractivity contribution in [3.8, 4) is 6.19 Å². The third-order valence-corrected chi connectivity index (χ3v) is 5.75. The van der Waals surface area contributed by atoms with Crippen molar-refractivity contribution in [2.24, 2.45) is 4.99 Å². The summed E-state index contributed by atoms with van der Waals surface area (Å²) in [6, 6.07) is 3.92. The lowest BCUT2D eigenvalue weighted by Gasteiger charge is -2.27. The number of guanidine groups is 1. The van der Waals surface area contributed by atoms with Gasteiger partial charge in [0.25, 0.3) is 0 Å². The maximum Gasteiger partial charge on any atom is 0.416 e. The summed E-state index contributed by atoms with van der Waals surface area (Å²) in [5.41, 5.74) is -0.233. The van der Waals surface area contributed by atoms with Crippen molar-refractivity contribution in [1.29, 1.82) is 5.26 Å². The fourth-order valence-electron chi connectivity index (χ4n) is 3.93. The smallest absolute Gasteiger partial charge is 0.344 e. The molecule has 3 rings (SSSR count). The highest BCUT2D eigenvalue weighted by atomic mass is 19.4. The molecule has 33 heavy (non-hydrogen) atoms. The van der Waals surface area contributed by atoms with E-state index in [4.69, 9.17) is 5.26 Å². The maximum atomic E-state index is 13.1. The monoisotopic (exact) mass is 464 g/mol. The van der Waals surface area contributed by atoms with Gasteiger partial charge in [0.1, 0.15) is 6.04 Å². The first kappa shape index (κ1) is 24.4. The zero-order valence-electron chi connectivity index (χ0n) is 18.2. The standard InChI is InChI=1S/C22H27F3N6O2/c23-22(24,25)17-8-6-16(7-9-17)13-27-21(28-15-26)29-18-5-1-2-12-31(20(18)33)14-19(32)30-10-3-4-11-30/h6-9,18H,1-5,10-14H2,(H2,27,28,29). The molecule has 1 atom stereocenters. The van der Waals surface area contributed by atoms with Gasteiger partial charge in [0, 0.05) is 19.6 Å². The molecular weight excluding hydrogens is 437 g/mol. The predicted octanol–water partition coefficient (Wildman–Crippen LogP) is 2.23. The largest absolute Gasteiger partial charge is 0.416 e. The van der Waals surface area contributed by atoms with Crippen LogP contribution in [0, 0.1) is 11.5 Å². The van der Waals surface area contributed by atoms with Crippen LogP contribution >= 0.6 is 0 Å². The molecule has 2 saturated heterocycles. The van der Waals surface area contributed by atoms with Crippen molar-refractivity contribution >= 4 is 17.8 Å². The molecule has 1 unspecified atom stereocenters. The van der Waals surface area contributed by atoms with Crippen LogP contribution in [0.25, 0.3) is 0 Å². The van der Waals surface area contributed by atoms with Crippen LogP contribution in [0.15, 0.2) is 29.3 Å². The van der Waals surface area contributed by atoms with Gasteiger partial charge in [-0.1, -0.05) is 12.1 Å². The molecule has 0 radical (unpaired) electrons. The molecule has 178 valence electrons. The second kappa shape index (κ2) is 11.0. The van der Waals surface area contributed by atoms with Crippen LogP contribution in [-0.2, 0) is 22.3 Å². The van der Waals surface area contributed by atoms with Gasteiger partial charge in [0.15, 0.2) is 6.19 Å². The van der Waals surface area contributed by atoms with Crippen molar-refractivity contribution in [1.82, 2.24) is 20.4 Å². The van der Waals surface area contributed by atoms with Gasteiger partial charge in [0.05, 0.1) is 18.7 Å². The number of hydrogen-bond acceptors (Lipinski definition) is 4. The number of nitrogens with one attached hydrogen (secondary N) is 2. The maximum absolute atomic E-state index is 13.1. The minimum Gasteiger partial charge on any atom is -0.344 e. The second-order valence-electron chi connectivity index (χ2n) is 8.14. The van der Waals surface area contributed by atoms with E-state index in [0.717, 1.165) is 50.9 Å². The highest BCUT2D eigenvalue weighted by molar-refractivity contribution is 5.92. The lowest BCUT2D eigenvalue weighted by Crippen LogP contribution is -2.52. The van der Waals surface area contributed by atoms with Crippen molar-refractivity contribution in [2.45, 2.75) is 50.9 Å². The van der Waals surface area contributed by atoms with Crippen LogP contribution in [0.4, 0.5) is 13.2 Å². The van der Waals surface area contributed by atoms with Crippen LogP contribution < -0.4 is 10.6 Å². The summed E-state index contributed by atoms with van der Waals surface area (Å²) >= 11 is 0. The molecule has 0 spiro atoms. The quantitative estimate of drug-likeness (QED) is 0.301. The number of carbonyl (C=O) groups is 2. The molecule has 2 aliphatic heterocycles. The molecule has 2 amide bonds. The van der Waals surface area contributed by atoms with Gasteiger partial charge < -0.3 is 15.1 Å². The van der Waals surface area contributed by atoms with Crippen molar-refractivity contribution < 1.29 is 22.8 Å². The Kier molecular flexibility index (Phi) is 8.14. The second-order valence-corrected chi connectivity index (χ2v) is 8.14. The van der Waals surface area contributed by atoms with Gasteiger partial charge in [-0.3, -0.25) is 14.9 Å². The summed E-state index contributed by atoms with van der Waals surface area (Å²) in [5, 5.41) is 14.4. The Bertz CT molecular complexity index is 904. The Hall–Kier alpha value is -3.29. The van der Waals surface area contributed by atoms with Crippen molar-refractivity contribution in [2.75, 3.05) is 26.2 Å². The Labute approximate surface area is 190 Å². The van der Waals surface area contributed by atoms with E-state index < -0.39 is 17.8 Å². The number of nitrogens with zero attached hydrogens (tertiary/aromatic N) is 4. The van der Waals surface area contributed by atoms with E-state index in [9.17, 15) is 22.8 Å². The molecular formula is C22H27F3N6O2. The number of likely N-dealkylation sites (tertiary alicyclic amines) is 2. The van der Waals surface area contributed by atoms with Crippen molar-refractivity contribution in [3.05, 3.63) is 35.4 Å². The molecule has 0 aliphatic carbocycles. The Morgan fingerprint density at radius 3 is 2.42 bits per heavy atom. The van der Waals surface area contributed by atoms with Gasteiger partial charge >= 0.3 is 6.18 Å². The molecule has 0 saturated carbocycles. The van der Waals surface area contributed by atoms with E-state index in [1.807, 2.05) is 0 Å². The van der Waals surface area contributed by atoms with Gasteiger partial charge in [-0.05, 0) is 49.8 Å². The zero-order valence-corrected chi connectivity index (χ0v) is 18.2. The van der Waals surface area contributed by atoms with Gasteiger partial charge in [-0.2, -0.15) is 18.4 Å². The lowest BCUT2D eigenvalue weighted by molar-refractivity contribution is -0.140. The summed E-state index contributed by atoms with van der Waals surface area (Å²) in [4.78, 5) is 33.1. The minimum absolute atomic E-state index is 0.0211. The minimum atomic E-state index is -4.42. The van der Waals surface area contributed by atoms with Crippen LogP contribution in [0.3, 0.4) is 0 Å². The third kappa shape index (κ3) is 6.84. The van der Waals surface area contributed by atoms with Crippen LogP contribution in [0.1, 0.15) is 43.2 Å². The number of rotatable bonds is 5. The number of nitriles is 1. The summed E-state index contributed by atoms with van der Waals surface area (Å²) < 4.78 is 38.2. The fourth-order valence-corrected chi connectivity index (χ4v) is 3.93. The van der Waals surface area contributed by atoms with Gasteiger partial charge in [-0.25, -0.2) is 4.99 Å². The lowest BCUT2D eigenvalue weighted by atomic mass is 10.1. The van der Waals surface area contributed by atoms with E-state index in [0.29, 0.717) is 18.5 Å². The SMILES string of the molecule is N#CNC(=NCc1ccc(C(F)(F)F)cc1)NC1CCCCN(CC(=O)N2CCCC2)C1=O. The molecule has 11 heteroatoms. The number of halogens is 3.